The van der Waals surface area contributed by atoms with Crippen LogP contribution in [0.3, 0.4) is 0 Å². The van der Waals surface area contributed by atoms with Gasteiger partial charge >= 0.3 is 0 Å². The van der Waals surface area contributed by atoms with Gasteiger partial charge in [0.25, 0.3) is 14.6 Å². The van der Waals surface area contributed by atoms with Gasteiger partial charge in [-0.2, -0.15) is 5.21 Å². The molecule has 0 aliphatic carbocycles. The van der Waals surface area contributed by atoms with Crippen LogP contribution in [0.25, 0.3) is 22.6 Å². The van der Waals surface area contributed by atoms with Gasteiger partial charge in [0.1, 0.15) is 11.6 Å². The zero-order chi connectivity index (χ0) is 17.3. The summed E-state index contributed by atoms with van der Waals surface area (Å²) >= 11 is 0. The number of ether oxygens (including phenoxy) is 1. The van der Waals surface area contributed by atoms with Crippen molar-refractivity contribution in [1.29, 1.82) is 0 Å². The van der Waals surface area contributed by atoms with E-state index in [1.807, 2.05) is 6.92 Å². The number of benzene rings is 1. The van der Waals surface area contributed by atoms with Gasteiger partial charge in [-0.15, -0.1) is 10.2 Å². The Morgan fingerprint density at radius 3 is 2.79 bits per heavy atom. The maximum atomic E-state index is 12.0. The Labute approximate surface area is 140 Å². The summed E-state index contributed by atoms with van der Waals surface area (Å²) < 4.78 is 28.8. The summed E-state index contributed by atoms with van der Waals surface area (Å²) in [6.45, 7) is 2.34. The van der Waals surface area contributed by atoms with E-state index in [4.69, 9.17) is 15.4 Å². The molecule has 0 aliphatic rings. The van der Waals surface area contributed by atoms with Crippen LogP contribution in [-0.4, -0.2) is 40.4 Å². The van der Waals surface area contributed by atoms with Gasteiger partial charge in [-0.3, -0.25) is 4.79 Å². The molecule has 0 bridgehead atoms. The fourth-order valence-electron chi connectivity index (χ4n) is 2.07. The van der Waals surface area contributed by atoms with Crippen molar-refractivity contribution in [2.24, 2.45) is 0 Å². The Bertz CT molecular complexity index is 1060. The van der Waals surface area contributed by atoms with Crippen LogP contribution in [-0.2, 0) is 9.05 Å². The molecule has 3 rings (SSSR count). The van der Waals surface area contributed by atoms with Crippen LogP contribution >= 0.6 is 10.7 Å². The standard InChI is InChI=1S/C13H12ClN5O4S/c1-2-5-23-9-4-3-7(24(14,21)22)6-8(9)11-15-12-10(13(20)16-11)17-19-18-12/h3-4,6H,2,5H2,1H3,(H2,15,16,17,18,19,20). The molecule has 24 heavy (non-hydrogen) atoms. The Hall–Kier alpha value is -2.46. The molecule has 2 N–H and O–H groups in total. The summed E-state index contributed by atoms with van der Waals surface area (Å²) in [6, 6.07) is 4.08. The number of H-pyrrole nitrogens is 2. The highest BCUT2D eigenvalue weighted by Gasteiger charge is 2.18. The largest absolute Gasteiger partial charge is 0.493 e. The fraction of sp³-hybridized carbons (Fsp3) is 0.231. The number of hydrogen-bond donors (Lipinski definition) is 2. The Morgan fingerprint density at radius 1 is 1.29 bits per heavy atom. The van der Waals surface area contributed by atoms with Crippen LogP contribution < -0.4 is 10.3 Å². The Balaban J connectivity index is 2.23. The molecule has 11 heteroatoms. The number of aromatic nitrogens is 5. The summed E-state index contributed by atoms with van der Waals surface area (Å²) in [5, 5.41) is 9.78. The van der Waals surface area contributed by atoms with Gasteiger partial charge in [0, 0.05) is 10.7 Å². The number of nitrogens with zero attached hydrogens (tertiary/aromatic N) is 3. The molecule has 0 atom stereocenters. The highest BCUT2D eigenvalue weighted by atomic mass is 35.7. The average molecular weight is 370 g/mol. The monoisotopic (exact) mass is 369 g/mol. The first-order chi connectivity index (χ1) is 11.4. The van der Waals surface area contributed by atoms with Crippen LogP contribution in [0, 0.1) is 0 Å². The van der Waals surface area contributed by atoms with Crippen molar-refractivity contribution >= 4 is 30.9 Å². The van der Waals surface area contributed by atoms with Gasteiger partial charge in [0.05, 0.1) is 17.1 Å². The molecular formula is C13H12ClN5O4S. The molecule has 0 unspecified atom stereocenters. The first kappa shape index (κ1) is 16.4. The van der Waals surface area contributed by atoms with E-state index < -0.39 is 14.6 Å². The maximum Gasteiger partial charge on any atom is 0.281 e. The Kier molecular flexibility index (Phi) is 4.24. The quantitative estimate of drug-likeness (QED) is 0.650. The van der Waals surface area contributed by atoms with E-state index >= 15 is 0 Å². The molecule has 0 saturated heterocycles. The second-order valence-electron chi connectivity index (χ2n) is 4.85. The SMILES string of the molecule is CCCOc1ccc(S(=O)(=O)Cl)cc1-c1nc2n[nH]nc2c(=O)[nH]1. The van der Waals surface area contributed by atoms with Gasteiger partial charge in [-0.25, -0.2) is 13.4 Å². The van der Waals surface area contributed by atoms with Crippen molar-refractivity contribution in [3.05, 3.63) is 28.6 Å². The van der Waals surface area contributed by atoms with Crippen LogP contribution in [0.2, 0.25) is 0 Å². The topological polar surface area (TPSA) is 131 Å². The lowest BCUT2D eigenvalue weighted by atomic mass is 10.2. The molecule has 9 nitrogen and oxygen atoms in total. The molecule has 0 fully saturated rings. The molecule has 126 valence electrons. The zero-order valence-corrected chi connectivity index (χ0v) is 14.0. The molecule has 0 radical (unpaired) electrons. The fourth-order valence-corrected chi connectivity index (χ4v) is 2.84. The van der Waals surface area contributed by atoms with E-state index in [1.165, 1.54) is 18.2 Å². The molecule has 1 aromatic carbocycles. The molecule has 0 saturated carbocycles. The summed E-state index contributed by atoms with van der Waals surface area (Å²) in [5.41, 5.74) is -0.0679. The summed E-state index contributed by atoms with van der Waals surface area (Å²) in [5.74, 6) is 0.474. The van der Waals surface area contributed by atoms with Crippen molar-refractivity contribution in [1.82, 2.24) is 25.4 Å². The van der Waals surface area contributed by atoms with Crippen molar-refractivity contribution in [3.8, 4) is 17.1 Å². The smallest absolute Gasteiger partial charge is 0.281 e. The number of halogens is 1. The van der Waals surface area contributed by atoms with Crippen LogP contribution in [0.4, 0.5) is 0 Å². The predicted molar refractivity (Wildman–Crippen MR) is 86.6 cm³/mol. The molecule has 0 spiro atoms. The minimum absolute atomic E-state index is 0.0518. The molecule has 0 aliphatic heterocycles. The van der Waals surface area contributed by atoms with E-state index in [9.17, 15) is 13.2 Å². The summed E-state index contributed by atoms with van der Waals surface area (Å²) in [4.78, 5) is 18.6. The highest BCUT2D eigenvalue weighted by Crippen LogP contribution is 2.31. The van der Waals surface area contributed by atoms with Crippen molar-refractivity contribution in [3.63, 3.8) is 0 Å². The lowest BCUT2D eigenvalue weighted by Gasteiger charge is -2.11. The minimum Gasteiger partial charge on any atom is -0.493 e. The number of hydrogen-bond acceptors (Lipinski definition) is 7. The van der Waals surface area contributed by atoms with E-state index in [0.29, 0.717) is 12.4 Å². The van der Waals surface area contributed by atoms with Crippen molar-refractivity contribution < 1.29 is 13.2 Å². The molecule has 2 heterocycles. The number of nitrogens with one attached hydrogen (secondary N) is 2. The van der Waals surface area contributed by atoms with E-state index in [1.54, 1.807) is 0 Å². The second-order valence-corrected chi connectivity index (χ2v) is 7.42. The second kappa shape index (κ2) is 6.21. The number of fused-ring (bicyclic) bond motifs is 1. The first-order valence-electron chi connectivity index (χ1n) is 6.93. The molecule has 2 aromatic heterocycles. The third kappa shape index (κ3) is 3.10. The number of rotatable bonds is 5. The number of aromatic amines is 2. The summed E-state index contributed by atoms with van der Waals surface area (Å²) in [6.07, 6.45) is 0.751. The normalized spacial score (nSPS) is 11.8. The van der Waals surface area contributed by atoms with Crippen LogP contribution in [0.5, 0.6) is 5.75 Å². The van der Waals surface area contributed by atoms with E-state index in [-0.39, 0.29) is 27.4 Å². The van der Waals surface area contributed by atoms with Gasteiger partial charge in [0.2, 0.25) is 5.65 Å². The first-order valence-corrected chi connectivity index (χ1v) is 9.23. The maximum absolute atomic E-state index is 12.0. The van der Waals surface area contributed by atoms with Gasteiger partial charge in [-0.1, -0.05) is 6.92 Å². The molecule has 3 aromatic rings. The van der Waals surface area contributed by atoms with Gasteiger partial charge in [0.15, 0.2) is 5.52 Å². The van der Waals surface area contributed by atoms with Gasteiger partial charge < -0.3 is 9.72 Å². The third-order valence-corrected chi connectivity index (χ3v) is 4.50. The van der Waals surface area contributed by atoms with Crippen molar-refractivity contribution in [2.45, 2.75) is 18.2 Å². The zero-order valence-electron chi connectivity index (χ0n) is 12.4. The average Bonchev–Trinajstić information content (AvgIpc) is 3.01. The van der Waals surface area contributed by atoms with E-state index in [0.717, 1.165) is 6.42 Å². The molecular weight excluding hydrogens is 358 g/mol. The third-order valence-electron chi connectivity index (χ3n) is 3.14. The minimum atomic E-state index is -3.95. The summed E-state index contributed by atoms with van der Waals surface area (Å²) in [7, 11) is 1.45. The Morgan fingerprint density at radius 2 is 2.08 bits per heavy atom. The van der Waals surface area contributed by atoms with Gasteiger partial charge in [-0.05, 0) is 24.6 Å². The lowest BCUT2D eigenvalue weighted by molar-refractivity contribution is 0.318. The molecule has 0 amide bonds. The van der Waals surface area contributed by atoms with Crippen molar-refractivity contribution in [2.75, 3.05) is 6.61 Å². The predicted octanol–water partition coefficient (Wildman–Crippen LogP) is 1.42. The van der Waals surface area contributed by atoms with E-state index in [2.05, 4.69) is 25.4 Å². The van der Waals surface area contributed by atoms with Crippen LogP contribution in [0.15, 0.2) is 27.9 Å². The lowest BCUT2D eigenvalue weighted by Crippen LogP contribution is -2.10. The van der Waals surface area contributed by atoms with Crippen LogP contribution in [0.1, 0.15) is 13.3 Å². The highest BCUT2D eigenvalue weighted by molar-refractivity contribution is 8.13.